The lowest BCUT2D eigenvalue weighted by Crippen LogP contribution is -2.26. The van der Waals surface area contributed by atoms with E-state index in [1.165, 1.54) is 29.0 Å². The number of benzene rings is 2. The Morgan fingerprint density at radius 3 is 2.59 bits per heavy atom. The van der Waals surface area contributed by atoms with E-state index in [9.17, 15) is 9.18 Å². The van der Waals surface area contributed by atoms with Crippen LogP contribution in [0.4, 0.5) is 15.2 Å². The average molecular weight is 383 g/mol. The van der Waals surface area contributed by atoms with Gasteiger partial charge in [-0.05, 0) is 49.6 Å². The lowest BCUT2D eigenvalue weighted by Gasteiger charge is -2.13. The van der Waals surface area contributed by atoms with Crippen molar-refractivity contribution in [2.45, 2.75) is 33.2 Å². The average Bonchev–Trinajstić information content (AvgIpc) is 3.03. The van der Waals surface area contributed by atoms with Gasteiger partial charge in [-0.2, -0.15) is 0 Å². The van der Waals surface area contributed by atoms with Gasteiger partial charge in [0.25, 0.3) is 5.91 Å². The Bertz CT molecular complexity index is 937. The Kier molecular flexibility index (Phi) is 5.86. The minimum Gasteiger partial charge on any atom is -0.345 e. The van der Waals surface area contributed by atoms with E-state index < -0.39 is 0 Å². The number of carbonyl (C=O) groups is 1. The summed E-state index contributed by atoms with van der Waals surface area (Å²) < 4.78 is 13.1. The Morgan fingerprint density at radius 1 is 1.19 bits per heavy atom. The predicted molar refractivity (Wildman–Crippen MR) is 108 cm³/mol. The van der Waals surface area contributed by atoms with Crippen LogP contribution in [-0.2, 0) is 6.42 Å². The third kappa shape index (κ3) is 4.52. The fourth-order valence-electron chi connectivity index (χ4n) is 2.82. The molecule has 0 saturated carbocycles. The van der Waals surface area contributed by atoms with E-state index in [0.29, 0.717) is 15.7 Å². The molecular formula is C21H22FN3OS. The highest BCUT2D eigenvalue weighted by molar-refractivity contribution is 7.17. The molecule has 0 aliphatic rings. The number of nitrogens with one attached hydrogen (secondary N) is 2. The Morgan fingerprint density at radius 2 is 1.89 bits per heavy atom. The molecule has 4 nitrogen and oxygen atoms in total. The second kappa shape index (κ2) is 8.31. The van der Waals surface area contributed by atoms with Gasteiger partial charge in [-0.15, -0.1) is 0 Å². The Hall–Kier alpha value is -2.73. The van der Waals surface area contributed by atoms with E-state index >= 15 is 0 Å². The molecule has 0 unspecified atom stereocenters. The molecule has 1 heterocycles. The van der Waals surface area contributed by atoms with Crippen LogP contribution in [0.3, 0.4) is 0 Å². The summed E-state index contributed by atoms with van der Waals surface area (Å²) in [6, 6.07) is 14.0. The van der Waals surface area contributed by atoms with Gasteiger partial charge in [-0.25, -0.2) is 9.37 Å². The van der Waals surface area contributed by atoms with Crippen molar-refractivity contribution in [2.24, 2.45) is 0 Å². The molecule has 2 N–H and O–H groups in total. The molecule has 3 aromatic rings. The first kappa shape index (κ1) is 19.0. The summed E-state index contributed by atoms with van der Waals surface area (Å²) in [4.78, 5) is 17.7. The van der Waals surface area contributed by atoms with E-state index in [1.54, 1.807) is 12.1 Å². The SMILES string of the molecule is CCc1ccccc1Nc1nc(C)c(C(=O)N[C@H](C)c2ccc(F)cc2)s1. The van der Waals surface area contributed by atoms with Gasteiger partial charge < -0.3 is 10.6 Å². The number of aryl methyl sites for hydroxylation is 2. The molecule has 0 fully saturated rings. The largest absolute Gasteiger partial charge is 0.345 e. The summed E-state index contributed by atoms with van der Waals surface area (Å²) in [6.45, 7) is 5.80. The number of halogens is 1. The molecule has 1 atom stereocenters. The van der Waals surface area contributed by atoms with Crippen molar-refractivity contribution in [1.29, 1.82) is 0 Å². The summed E-state index contributed by atoms with van der Waals surface area (Å²) in [6.07, 6.45) is 0.913. The maximum Gasteiger partial charge on any atom is 0.263 e. The fraction of sp³-hybridized carbons (Fsp3) is 0.238. The number of amides is 1. The van der Waals surface area contributed by atoms with Crippen molar-refractivity contribution in [2.75, 3.05) is 5.32 Å². The lowest BCUT2D eigenvalue weighted by molar-refractivity contribution is 0.0943. The quantitative estimate of drug-likeness (QED) is 0.600. The van der Waals surface area contributed by atoms with Gasteiger partial charge in [0.1, 0.15) is 10.7 Å². The van der Waals surface area contributed by atoms with Crippen molar-refractivity contribution >= 4 is 28.1 Å². The molecule has 0 saturated heterocycles. The van der Waals surface area contributed by atoms with Crippen molar-refractivity contribution in [1.82, 2.24) is 10.3 Å². The van der Waals surface area contributed by atoms with Gasteiger partial charge in [0.05, 0.1) is 11.7 Å². The highest BCUT2D eigenvalue weighted by Crippen LogP contribution is 2.28. The molecular weight excluding hydrogens is 361 g/mol. The van der Waals surface area contributed by atoms with Crippen LogP contribution in [0.5, 0.6) is 0 Å². The minimum absolute atomic E-state index is 0.182. The molecule has 0 radical (unpaired) electrons. The van der Waals surface area contributed by atoms with Gasteiger partial charge in [-0.1, -0.05) is 48.6 Å². The summed E-state index contributed by atoms with van der Waals surface area (Å²) in [5, 5.41) is 6.96. The lowest BCUT2D eigenvalue weighted by atomic mass is 10.1. The van der Waals surface area contributed by atoms with Gasteiger partial charge in [0.2, 0.25) is 0 Å². The predicted octanol–water partition coefficient (Wildman–Crippen LogP) is 5.39. The number of carbonyl (C=O) groups excluding carboxylic acids is 1. The monoisotopic (exact) mass is 383 g/mol. The molecule has 1 amide bonds. The maximum absolute atomic E-state index is 13.1. The van der Waals surface area contributed by atoms with Gasteiger partial charge in [0, 0.05) is 5.69 Å². The summed E-state index contributed by atoms with van der Waals surface area (Å²) in [7, 11) is 0. The zero-order valence-corrected chi connectivity index (χ0v) is 16.4. The molecule has 2 aromatic carbocycles. The first-order valence-electron chi connectivity index (χ1n) is 8.86. The molecule has 0 aliphatic carbocycles. The van der Waals surface area contributed by atoms with Gasteiger partial charge in [0.15, 0.2) is 5.13 Å². The van der Waals surface area contributed by atoms with Gasteiger partial charge >= 0.3 is 0 Å². The molecule has 140 valence electrons. The first-order chi connectivity index (χ1) is 13.0. The zero-order chi connectivity index (χ0) is 19.4. The molecule has 1 aromatic heterocycles. The number of aromatic nitrogens is 1. The van der Waals surface area contributed by atoms with Crippen LogP contribution in [0.2, 0.25) is 0 Å². The second-order valence-corrected chi connectivity index (χ2v) is 7.32. The summed E-state index contributed by atoms with van der Waals surface area (Å²) in [5.74, 6) is -0.475. The van der Waals surface area contributed by atoms with Crippen molar-refractivity contribution in [3.63, 3.8) is 0 Å². The molecule has 6 heteroatoms. The third-order valence-corrected chi connectivity index (χ3v) is 5.43. The van der Waals surface area contributed by atoms with Crippen molar-refractivity contribution in [3.8, 4) is 0 Å². The van der Waals surface area contributed by atoms with Crippen LogP contribution in [-0.4, -0.2) is 10.9 Å². The highest BCUT2D eigenvalue weighted by atomic mass is 32.1. The third-order valence-electron chi connectivity index (χ3n) is 4.36. The van der Waals surface area contributed by atoms with Crippen molar-refractivity contribution in [3.05, 3.63) is 76.0 Å². The molecule has 0 aliphatic heterocycles. The highest BCUT2D eigenvalue weighted by Gasteiger charge is 2.18. The number of nitrogens with zero attached hydrogens (tertiary/aromatic N) is 1. The smallest absolute Gasteiger partial charge is 0.263 e. The van der Waals surface area contributed by atoms with E-state index in [0.717, 1.165) is 17.7 Å². The van der Waals surface area contributed by atoms with Crippen LogP contribution >= 0.6 is 11.3 Å². The van der Waals surface area contributed by atoms with Crippen LogP contribution in [0.25, 0.3) is 0 Å². The number of thiazole rings is 1. The number of para-hydroxylation sites is 1. The normalized spacial score (nSPS) is 11.9. The van der Waals surface area contributed by atoms with Gasteiger partial charge in [-0.3, -0.25) is 4.79 Å². The fourth-order valence-corrected chi connectivity index (χ4v) is 3.71. The molecule has 0 spiro atoms. The van der Waals surface area contributed by atoms with Crippen molar-refractivity contribution < 1.29 is 9.18 Å². The van der Waals surface area contributed by atoms with E-state index in [4.69, 9.17) is 0 Å². The number of rotatable bonds is 6. The number of hydrogen-bond acceptors (Lipinski definition) is 4. The van der Waals surface area contributed by atoms with E-state index in [-0.39, 0.29) is 17.8 Å². The zero-order valence-electron chi connectivity index (χ0n) is 15.5. The summed E-state index contributed by atoms with van der Waals surface area (Å²) >= 11 is 1.33. The maximum atomic E-state index is 13.1. The molecule has 0 bridgehead atoms. The summed E-state index contributed by atoms with van der Waals surface area (Å²) in [5.41, 5.74) is 3.73. The Labute approximate surface area is 162 Å². The van der Waals surface area contributed by atoms with Crippen LogP contribution < -0.4 is 10.6 Å². The van der Waals surface area contributed by atoms with E-state index in [2.05, 4.69) is 28.6 Å². The second-order valence-electron chi connectivity index (χ2n) is 6.32. The number of hydrogen-bond donors (Lipinski definition) is 2. The topological polar surface area (TPSA) is 54.0 Å². The molecule has 27 heavy (non-hydrogen) atoms. The van der Waals surface area contributed by atoms with Crippen LogP contribution in [0, 0.1) is 12.7 Å². The Balaban J connectivity index is 1.73. The van der Waals surface area contributed by atoms with Crippen LogP contribution in [0.15, 0.2) is 48.5 Å². The van der Waals surface area contributed by atoms with Crippen LogP contribution in [0.1, 0.15) is 46.4 Å². The first-order valence-corrected chi connectivity index (χ1v) is 9.68. The molecule has 3 rings (SSSR count). The number of anilines is 2. The van der Waals surface area contributed by atoms with E-state index in [1.807, 2.05) is 32.0 Å². The minimum atomic E-state index is -0.293. The standard InChI is InChI=1S/C21H22FN3OS/c1-4-15-7-5-6-8-18(15)25-21-24-14(3)19(27-21)20(26)23-13(2)16-9-11-17(22)12-10-16/h5-13H,4H2,1-3H3,(H,23,26)(H,24,25)/t13-/m1/s1.